The minimum Gasteiger partial charge on any atom is -0.334 e. The lowest BCUT2D eigenvalue weighted by Gasteiger charge is -2.28. The van der Waals surface area contributed by atoms with Crippen molar-refractivity contribution in [3.8, 4) is 0 Å². The van der Waals surface area contributed by atoms with Gasteiger partial charge >= 0.3 is 6.03 Å². The Morgan fingerprint density at radius 1 is 1.19 bits per heavy atom. The molecular weight excluding hydrogens is 264 g/mol. The highest BCUT2D eigenvalue weighted by Crippen LogP contribution is 2.33. The molecule has 1 aromatic carbocycles. The molecule has 2 unspecified atom stereocenters. The Morgan fingerprint density at radius 2 is 2.00 bits per heavy atom. The van der Waals surface area contributed by atoms with Gasteiger partial charge in [-0.1, -0.05) is 30.3 Å². The topological polar surface area (TPSA) is 49.4 Å². The third-order valence-corrected chi connectivity index (χ3v) is 4.66. The summed E-state index contributed by atoms with van der Waals surface area (Å²) in [5.74, 6) is 0.428. The summed E-state index contributed by atoms with van der Waals surface area (Å²) in [7, 11) is 0. The summed E-state index contributed by atoms with van der Waals surface area (Å²) in [6.45, 7) is 1.32. The molecule has 1 aliphatic heterocycles. The Morgan fingerprint density at radius 3 is 2.71 bits per heavy atom. The molecule has 0 bridgehead atoms. The van der Waals surface area contributed by atoms with Crippen molar-refractivity contribution in [1.82, 2.24) is 10.2 Å². The Hall–Kier alpha value is -1.84. The number of likely N-dealkylation sites (tertiary alicyclic amines) is 1. The zero-order valence-electron chi connectivity index (χ0n) is 12.3. The molecule has 112 valence electrons. The fraction of sp³-hybridized carbons (Fsp3) is 0.529. The highest BCUT2D eigenvalue weighted by Gasteiger charge is 2.39. The van der Waals surface area contributed by atoms with Gasteiger partial charge in [-0.3, -0.25) is 4.79 Å². The van der Waals surface area contributed by atoms with Crippen molar-refractivity contribution in [2.75, 3.05) is 6.54 Å². The van der Waals surface area contributed by atoms with Gasteiger partial charge in [0.15, 0.2) is 0 Å². The number of benzene rings is 1. The largest absolute Gasteiger partial charge is 0.334 e. The second-order valence-electron chi connectivity index (χ2n) is 6.01. The van der Waals surface area contributed by atoms with Crippen LogP contribution in [0.2, 0.25) is 0 Å². The lowest BCUT2D eigenvalue weighted by atomic mass is 9.95. The van der Waals surface area contributed by atoms with Gasteiger partial charge in [0.2, 0.25) is 0 Å². The van der Waals surface area contributed by atoms with E-state index in [9.17, 15) is 9.59 Å². The van der Waals surface area contributed by atoms with Crippen LogP contribution in [0.3, 0.4) is 0 Å². The molecule has 0 spiro atoms. The molecule has 0 radical (unpaired) electrons. The van der Waals surface area contributed by atoms with E-state index in [0.29, 0.717) is 18.7 Å². The average molecular weight is 286 g/mol. The molecule has 21 heavy (non-hydrogen) atoms. The minimum absolute atomic E-state index is 0.0268. The molecule has 1 aliphatic carbocycles. The standard InChI is InChI=1S/C17H22N2O2/c20-16-10-4-8-14(16)15-9-5-11-19(15)17(21)18-12-13-6-2-1-3-7-13/h1-3,6-7,14-15H,4-5,8-12H2,(H,18,21). The van der Waals surface area contributed by atoms with Gasteiger partial charge in [-0.15, -0.1) is 0 Å². The fourth-order valence-electron chi connectivity index (χ4n) is 3.59. The molecule has 2 aliphatic rings. The molecule has 1 N–H and O–H groups in total. The second kappa shape index (κ2) is 6.29. The predicted molar refractivity (Wildman–Crippen MR) is 80.8 cm³/mol. The van der Waals surface area contributed by atoms with E-state index < -0.39 is 0 Å². The van der Waals surface area contributed by atoms with Gasteiger partial charge in [0.1, 0.15) is 5.78 Å². The second-order valence-corrected chi connectivity index (χ2v) is 6.01. The lowest BCUT2D eigenvalue weighted by Crippen LogP contribution is -2.46. The van der Waals surface area contributed by atoms with Crippen LogP contribution < -0.4 is 5.32 Å². The number of Topliss-reactive ketones (excluding diaryl/α,β-unsaturated/α-hetero) is 1. The summed E-state index contributed by atoms with van der Waals surface area (Å²) in [6, 6.07) is 10.0. The summed E-state index contributed by atoms with van der Waals surface area (Å²) in [5.41, 5.74) is 1.10. The van der Waals surface area contributed by atoms with Gasteiger partial charge < -0.3 is 10.2 Å². The third-order valence-electron chi connectivity index (χ3n) is 4.66. The average Bonchev–Trinajstić information content (AvgIpc) is 3.14. The lowest BCUT2D eigenvalue weighted by molar-refractivity contribution is -0.121. The number of ketones is 1. The first-order valence-electron chi connectivity index (χ1n) is 7.87. The number of hydrogen-bond acceptors (Lipinski definition) is 2. The predicted octanol–water partition coefficient (Wildman–Crippen LogP) is 2.73. The zero-order chi connectivity index (χ0) is 14.7. The normalized spacial score (nSPS) is 25.3. The Balaban J connectivity index is 1.59. The quantitative estimate of drug-likeness (QED) is 0.929. The van der Waals surface area contributed by atoms with Crippen molar-refractivity contribution in [2.24, 2.45) is 5.92 Å². The zero-order valence-corrected chi connectivity index (χ0v) is 12.3. The summed E-state index contributed by atoms with van der Waals surface area (Å²) in [6.07, 6.45) is 4.61. The van der Waals surface area contributed by atoms with Crippen LogP contribution in [-0.2, 0) is 11.3 Å². The number of nitrogens with one attached hydrogen (secondary N) is 1. The molecule has 1 saturated carbocycles. The Kier molecular flexibility index (Phi) is 4.23. The molecule has 2 atom stereocenters. The van der Waals surface area contributed by atoms with Crippen LogP contribution in [0.5, 0.6) is 0 Å². The van der Waals surface area contributed by atoms with Gasteiger partial charge in [-0.2, -0.15) is 0 Å². The Labute approximate surface area is 125 Å². The van der Waals surface area contributed by atoms with E-state index in [1.54, 1.807) is 0 Å². The molecule has 0 aromatic heterocycles. The first-order valence-corrected chi connectivity index (χ1v) is 7.87. The van der Waals surface area contributed by atoms with Crippen LogP contribution in [0.4, 0.5) is 4.79 Å². The van der Waals surface area contributed by atoms with E-state index in [0.717, 1.165) is 37.8 Å². The van der Waals surface area contributed by atoms with Crippen LogP contribution in [0.15, 0.2) is 30.3 Å². The third kappa shape index (κ3) is 3.09. The maximum atomic E-state index is 12.4. The van der Waals surface area contributed by atoms with Crippen LogP contribution >= 0.6 is 0 Å². The number of carbonyl (C=O) groups excluding carboxylic acids is 2. The minimum atomic E-state index is -0.0268. The van der Waals surface area contributed by atoms with Crippen LogP contribution in [0.1, 0.15) is 37.7 Å². The van der Waals surface area contributed by atoms with Crippen LogP contribution in [-0.4, -0.2) is 29.3 Å². The molecule has 1 heterocycles. The fourth-order valence-corrected chi connectivity index (χ4v) is 3.59. The number of amides is 2. The molecule has 2 amide bonds. The van der Waals surface area contributed by atoms with Gasteiger partial charge in [0.05, 0.1) is 0 Å². The van der Waals surface area contributed by atoms with Crippen molar-refractivity contribution in [2.45, 2.75) is 44.7 Å². The van der Waals surface area contributed by atoms with E-state index in [4.69, 9.17) is 0 Å². The van der Waals surface area contributed by atoms with Crippen molar-refractivity contribution in [1.29, 1.82) is 0 Å². The summed E-state index contributed by atoms with van der Waals surface area (Å²) in [5, 5.41) is 2.98. The first kappa shape index (κ1) is 14.1. The number of hydrogen-bond donors (Lipinski definition) is 1. The monoisotopic (exact) mass is 286 g/mol. The Bertz CT molecular complexity index is 515. The van der Waals surface area contributed by atoms with Gasteiger partial charge in [0.25, 0.3) is 0 Å². The maximum Gasteiger partial charge on any atom is 0.317 e. The maximum absolute atomic E-state index is 12.4. The summed E-state index contributed by atoms with van der Waals surface area (Å²) >= 11 is 0. The number of carbonyl (C=O) groups is 2. The van der Waals surface area contributed by atoms with Crippen molar-refractivity contribution >= 4 is 11.8 Å². The number of nitrogens with zero attached hydrogens (tertiary/aromatic N) is 1. The summed E-state index contributed by atoms with van der Waals surface area (Å²) < 4.78 is 0. The molecule has 1 saturated heterocycles. The first-order chi connectivity index (χ1) is 10.3. The van der Waals surface area contributed by atoms with E-state index in [-0.39, 0.29) is 18.0 Å². The number of urea groups is 1. The van der Waals surface area contributed by atoms with Gasteiger partial charge in [-0.25, -0.2) is 4.79 Å². The smallest absolute Gasteiger partial charge is 0.317 e. The molecule has 1 aromatic rings. The van der Waals surface area contributed by atoms with E-state index in [1.807, 2.05) is 35.2 Å². The molecule has 2 fully saturated rings. The van der Waals surface area contributed by atoms with E-state index >= 15 is 0 Å². The molecule has 3 rings (SSSR count). The van der Waals surface area contributed by atoms with Crippen LogP contribution in [0.25, 0.3) is 0 Å². The van der Waals surface area contributed by atoms with Crippen molar-refractivity contribution < 1.29 is 9.59 Å². The van der Waals surface area contributed by atoms with Crippen LogP contribution in [0, 0.1) is 5.92 Å². The molecule has 4 nitrogen and oxygen atoms in total. The summed E-state index contributed by atoms with van der Waals surface area (Å²) in [4.78, 5) is 26.2. The van der Waals surface area contributed by atoms with E-state index in [2.05, 4.69) is 5.32 Å². The SMILES string of the molecule is O=C1CCCC1C1CCCN1C(=O)NCc1ccccc1. The van der Waals surface area contributed by atoms with Crippen molar-refractivity contribution in [3.05, 3.63) is 35.9 Å². The highest BCUT2D eigenvalue weighted by molar-refractivity contribution is 5.84. The van der Waals surface area contributed by atoms with Gasteiger partial charge in [-0.05, 0) is 31.2 Å². The number of rotatable bonds is 3. The van der Waals surface area contributed by atoms with Crippen molar-refractivity contribution in [3.63, 3.8) is 0 Å². The molecular formula is C17H22N2O2. The molecule has 4 heteroatoms. The highest BCUT2D eigenvalue weighted by atomic mass is 16.2. The van der Waals surface area contributed by atoms with Gasteiger partial charge in [0, 0.05) is 31.5 Å². The van der Waals surface area contributed by atoms with E-state index in [1.165, 1.54) is 0 Å².